The van der Waals surface area contributed by atoms with E-state index in [4.69, 9.17) is 4.74 Å². The number of piperidine rings is 1. The molecule has 21 heavy (non-hydrogen) atoms. The van der Waals surface area contributed by atoms with Gasteiger partial charge in [0.15, 0.2) is 0 Å². The fourth-order valence-electron chi connectivity index (χ4n) is 2.39. The van der Waals surface area contributed by atoms with Crippen molar-refractivity contribution in [2.75, 3.05) is 40.3 Å². The van der Waals surface area contributed by atoms with Crippen LogP contribution in [-0.4, -0.2) is 62.8 Å². The van der Waals surface area contributed by atoms with Crippen molar-refractivity contribution in [1.29, 1.82) is 0 Å². The second kappa shape index (κ2) is 11.5. The van der Waals surface area contributed by atoms with Crippen molar-refractivity contribution in [3.05, 3.63) is 0 Å². The molecule has 1 saturated heterocycles. The Kier molecular flexibility index (Phi) is 12.7. The number of nitrogens with zero attached hydrogens (tertiary/aromatic N) is 1. The molecule has 0 spiro atoms. The molecule has 1 aliphatic rings. The summed E-state index contributed by atoms with van der Waals surface area (Å²) in [4.78, 5) is 14.6. The third-order valence-corrected chi connectivity index (χ3v) is 4.31. The SMILES string of the molecule is CCC(C)N(C)CCNC(=O)C1(OC)CCNCC1.Cl.Cl. The van der Waals surface area contributed by atoms with Crippen molar-refractivity contribution in [3.63, 3.8) is 0 Å². The highest BCUT2D eigenvalue weighted by atomic mass is 35.5. The van der Waals surface area contributed by atoms with Crippen LogP contribution >= 0.6 is 24.8 Å². The number of amides is 1. The molecule has 1 aliphatic heterocycles. The molecule has 128 valence electrons. The maximum atomic E-state index is 12.3. The molecule has 1 heterocycles. The summed E-state index contributed by atoms with van der Waals surface area (Å²) >= 11 is 0. The minimum atomic E-state index is -0.625. The number of hydrogen-bond donors (Lipinski definition) is 2. The first-order valence-corrected chi connectivity index (χ1v) is 7.30. The average Bonchev–Trinajstić information content (AvgIpc) is 2.46. The summed E-state index contributed by atoms with van der Waals surface area (Å²) in [6, 6.07) is 0.548. The summed E-state index contributed by atoms with van der Waals surface area (Å²) in [5.74, 6) is 0.0362. The molecule has 1 amide bonds. The Labute approximate surface area is 141 Å². The van der Waals surface area contributed by atoms with Gasteiger partial charge in [0.25, 0.3) is 5.91 Å². The fourth-order valence-corrected chi connectivity index (χ4v) is 2.39. The van der Waals surface area contributed by atoms with Gasteiger partial charge in [-0.05, 0) is 46.3 Å². The van der Waals surface area contributed by atoms with Gasteiger partial charge in [-0.15, -0.1) is 24.8 Å². The fraction of sp³-hybridized carbons (Fsp3) is 0.929. The van der Waals surface area contributed by atoms with Crippen LogP contribution in [0, 0.1) is 0 Å². The lowest BCUT2D eigenvalue weighted by atomic mass is 9.91. The first-order chi connectivity index (χ1) is 9.05. The van der Waals surface area contributed by atoms with Crippen LogP contribution in [0.15, 0.2) is 0 Å². The van der Waals surface area contributed by atoms with Gasteiger partial charge in [-0.25, -0.2) is 0 Å². The lowest BCUT2D eigenvalue weighted by molar-refractivity contribution is -0.146. The van der Waals surface area contributed by atoms with Gasteiger partial charge in [0.1, 0.15) is 5.60 Å². The maximum Gasteiger partial charge on any atom is 0.252 e. The molecule has 2 N–H and O–H groups in total. The predicted molar refractivity (Wildman–Crippen MR) is 91.7 cm³/mol. The molecule has 1 atom stereocenters. The maximum absolute atomic E-state index is 12.3. The molecule has 0 aromatic heterocycles. The number of likely N-dealkylation sites (N-methyl/N-ethyl adjacent to an activating group) is 1. The summed E-state index contributed by atoms with van der Waals surface area (Å²) in [5.41, 5.74) is -0.625. The first-order valence-electron chi connectivity index (χ1n) is 7.30. The van der Waals surface area contributed by atoms with Gasteiger partial charge in [0.05, 0.1) is 0 Å². The van der Waals surface area contributed by atoms with E-state index in [0.29, 0.717) is 12.6 Å². The Morgan fingerprint density at radius 3 is 2.43 bits per heavy atom. The van der Waals surface area contributed by atoms with E-state index in [9.17, 15) is 4.79 Å². The molecule has 0 saturated carbocycles. The van der Waals surface area contributed by atoms with Crippen LogP contribution in [0.3, 0.4) is 0 Å². The molecule has 5 nitrogen and oxygen atoms in total. The Bertz CT molecular complexity index is 287. The monoisotopic (exact) mass is 343 g/mol. The van der Waals surface area contributed by atoms with Crippen molar-refractivity contribution in [2.24, 2.45) is 0 Å². The van der Waals surface area contributed by atoms with Crippen molar-refractivity contribution >= 4 is 30.7 Å². The minimum Gasteiger partial charge on any atom is -0.368 e. The van der Waals surface area contributed by atoms with Gasteiger partial charge in [-0.1, -0.05) is 6.92 Å². The number of rotatable bonds is 7. The first kappa shape index (κ1) is 23.2. The third kappa shape index (κ3) is 6.70. The molecular weight excluding hydrogens is 313 g/mol. The number of nitrogens with one attached hydrogen (secondary N) is 2. The zero-order valence-corrected chi connectivity index (χ0v) is 15.2. The average molecular weight is 344 g/mol. The van der Waals surface area contributed by atoms with Gasteiger partial charge in [-0.2, -0.15) is 0 Å². The summed E-state index contributed by atoms with van der Waals surface area (Å²) in [6.07, 6.45) is 2.62. The summed E-state index contributed by atoms with van der Waals surface area (Å²) in [6.45, 7) is 7.61. The highest BCUT2D eigenvalue weighted by Gasteiger charge is 2.39. The highest BCUT2D eigenvalue weighted by molar-refractivity contribution is 5.86. The van der Waals surface area contributed by atoms with Crippen molar-refractivity contribution < 1.29 is 9.53 Å². The number of carbonyl (C=O) groups excluding carboxylic acids is 1. The number of carbonyl (C=O) groups is 1. The van der Waals surface area contributed by atoms with Crippen LogP contribution in [0.4, 0.5) is 0 Å². The van der Waals surface area contributed by atoms with E-state index in [1.807, 2.05) is 0 Å². The van der Waals surface area contributed by atoms with E-state index in [2.05, 4.69) is 36.4 Å². The van der Waals surface area contributed by atoms with Gasteiger partial charge in [-0.3, -0.25) is 4.79 Å². The lowest BCUT2D eigenvalue weighted by Gasteiger charge is -2.35. The zero-order valence-electron chi connectivity index (χ0n) is 13.6. The Hall–Kier alpha value is -0.0700. The van der Waals surface area contributed by atoms with Crippen LogP contribution in [0.25, 0.3) is 0 Å². The van der Waals surface area contributed by atoms with Crippen molar-refractivity contribution in [1.82, 2.24) is 15.5 Å². The Morgan fingerprint density at radius 2 is 1.95 bits per heavy atom. The van der Waals surface area contributed by atoms with Gasteiger partial charge < -0.3 is 20.3 Å². The second-order valence-corrected chi connectivity index (χ2v) is 5.44. The molecular formula is C14H31Cl2N3O2. The predicted octanol–water partition coefficient (Wildman–Crippen LogP) is 1.45. The van der Waals surface area contributed by atoms with E-state index in [1.165, 1.54) is 0 Å². The molecule has 0 bridgehead atoms. The molecule has 1 fully saturated rings. The van der Waals surface area contributed by atoms with Crippen LogP contribution < -0.4 is 10.6 Å². The molecule has 7 heteroatoms. The zero-order chi connectivity index (χ0) is 14.3. The minimum absolute atomic E-state index is 0. The summed E-state index contributed by atoms with van der Waals surface area (Å²) < 4.78 is 5.50. The summed E-state index contributed by atoms with van der Waals surface area (Å²) in [7, 11) is 3.73. The second-order valence-electron chi connectivity index (χ2n) is 5.44. The quantitative estimate of drug-likeness (QED) is 0.734. The highest BCUT2D eigenvalue weighted by Crippen LogP contribution is 2.22. The lowest BCUT2D eigenvalue weighted by Crippen LogP contribution is -2.55. The molecule has 1 rings (SSSR count). The largest absolute Gasteiger partial charge is 0.368 e. The van der Waals surface area contributed by atoms with Crippen molar-refractivity contribution in [3.8, 4) is 0 Å². The smallest absolute Gasteiger partial charge is 0.252 e. The molecule has 1 unspecified atom stereocenters. The number of hydrogen-bond acceptors (Lipinski definition) is 4. The molecule has 0 radical (unpaired) electrons. The van der Waals surface area contributed by atoms with Crippen LogP contribution in [0.1, 0.15) is 33.1 Å². The van der Waals surface area contributed by atoms with Crippen LogP contribution in [-0.2, 0) is 9.53 Å². The van der Waals surface area contributed by atoms with Crippen LogP contribution in [0.2, 0.25) is 0 Å². The normalized spacial score (nSPS) is 18.3. The van der Waals surface area contributed by atoms with E-state index < -0.39 is 5.60 Å². The standard InChI is InChI=1S/C14H29N3O2.2ClH/c1-5-12(2)17(3)11-10-16-13(18)14(19-4)6-8-15-9-7-14;;/h12,15H,5-11H2,1-4H3,(H,16,18);2*1H. The van der Waals surface area contributed by atoms with E-state index >= 15 is 0 Å². The van der Waals surface area contributed by atoms with Crippen LogP contribution in [0.5, 0.6) is 0 Å². The molecule has 0 aromatic rings. The molecule has 0 aromatic carbocycles. The number of halogens is 2. The van der Waals surface area contributed by atoms with E-state index in [-0.39, 0.29) is 30.7 Å². The molecule has 0 aliphatic carbocycles. The van der Waals surface area contributed by atoms with Gasteiger partial charge in [0.2, 0.25) is 0 Å². The van der Waals surface area contributed by atoms with Crippen molar-refractivity contribution in [2.45, 2.75) is 44.8 Å². The Morgan fingerprint density at radius 1 is 1.38 bits per heavy atom. The summed E-state index contributed by atoms with van der Waals surface area (Å²) in [5, 5.41) is 6.28. The number of ether oxygens (including phenoxy) is 1. The third-order valence-electron chi connectivity index (χ3n) is 4.31. The number of methoxy groups -OCH3 is 1. The Balaban J connectivity index is 0. The van der Waals surface area contributed by atoms with Gasteiger partial charge >= 0.3 is 0 Å². The van der Waals surface area contributed by atoms with E-state index in [0.717, 1.165) is 38.9 Å². The van der Waals surface area contributed by atoms with Gasteiger partial charge in [0, 0.05) is 26.2 Å². The van der Waals surface area contributed by atoms with E-state index in [1.54, 1.807) is 7.11 Å². The topological polar surface area (TPSA) is 53.6 Å².